The number of piperazine rings is 1. The molecule has 3 rings (SSSR count). The van der Waals surface area contributed by atoms with Gasteiger partial charge in [0.1, 0.15) is 5.82 Å². The van der Waals surface area contributed by atoms with Crippen molar-refractivity contribution in [1.82, 2.24) is 14.9 Å². The number of nitrogens with zero attached hydrogens (tertiary/aromatic N) is 4. The first-order chi connectivity index (χ1) is 11.5. The molecule has 1 fully saturated rings. The van der Waals surface area contributed by atoms with Gasteiger partial charge in [-0.25, -0.2) is 9.97 Å². The van der Waals surface area contributed by atoms with Gasteiger partial charge in [-0.3, -0.25) is 4.79 Å². The topological polar surface area (TPSA) is 49.3 Å². The van der Waals surface area contributed by atoms with Crippen LogP contribution in [0.2, 0.25) is 5.02 Å². The van der Waals surface area contributed by atoms with Gasteiger partial charge >= 0.3 is 0 Å². The van der Waals surface area contributed by atoms with Crippen LogP contribution >= 0.6 is 11.6 Å². The molecule has 0 spiro atoms. The second-order valence-electron chi connectivity index (χ2n) is 6.08. The average molecular weight is 345 g/mol. The Hall–Kier alpha value is -2.14. The number of carbonyl (C=O) groups excluding carboxylic acids is 1. The lowest BCUT2D eigenvalue weighted by molar-refractivity contribution is -0.129. The molecule has 2 aromatic rings. The Morgan fingerprint density at radius 3 is 2.25 bits per heavy atom. The molecule has 126 valence electrons. The van der Waals surface area contributed by atoms with Crippen molar-refractivity contribution < 1.29 is 4.79 Å². The van der Waals surface area contributed by atoms with E-state index in [2.05, 4.69) is 9.88 Å². The van der Waals surface area contributed by atoms with E-state index in [1.165, 1.54) is 0 Å². The van der Waals surface area contributed by atoms with Gasteiger partial charge in [-0.1, -0.05) is 11.6 Å². The summed E-state index contributed by atoms with van der Waals surface area (Å²) in [6.45, 7) is 8.71. The number of aromatic nitrogens is 2. The van der Waals surface area contributed by atoms with Crippen molar-refractivity contribution in [3.63, 3.8) is 0 Å². The number of carbonyl (C=O) groups is 1. The van der Waals surface area contributed by atoms with Crippen LogP contribution in [-0.4, -0.2) is 47.0 Å². The smallest absolute Gasteiger partial charge is 0.219 e. The molecule has 0 N–H and O–H groups in total. The van der Waals surface area contributed by atoms with E-state index in [4.69, 9.17) is 16.6 Å². The molecule has 5 nitrogen and oxygen atoms in total. The maximum Gasteiger partial charge on any atom is 0.219 e. The van der Waals surface area contributed by atoms with Gasteiger partial charge in [-0.15, -0.1) is 0 Å². The number of amides is 1. The zero-order chi connectivity index (χ0) is 17.3. The van der Waals surface area contributed by atoms with E-state index in [1.54, 1.807) is 6.92 Å². The summed E-state index contributed by atoms with van der Waals surface area (Å²) in [7, 11) is 0. The standard InChI is InChI=1S/C18H21ClN4O/c1-12-13(2)20-17(15-4-6-16(19)7-5-15)21-18(12)23-10-8-22(9-11-23)14(3)24/h4-7H,8-11H2,1-3H3. The van der Waals surface area contributed by atoms with Crippen LogP contribution in [0.4, 0.5) is 5.82 Å². The Kier molecular flexibility index (Phi) is 4.71. The van der Waals surface area contributed by atoms with Crippen LogP contribution in [0.15, 0.2) is 24.3 Å². The van der Waals surface area contributed by atoms with Crippen molar-refractivity contribution >= 4 is 23.3 Å². The maximum atomic E-state index is 11.5. The van der Waals surface area contributed by atoms with E-state index in [9.17, 15) is 4.79 Å². The summed E-state index contributed by atoms with van der Waals surface area (Å²) in [4.78, 5) is 25.0. The molecule has 0 saturated carbocycles. The third kappa shape index (κ3) is 3.36. The van der Waals surface area contributed by atoms with E-state index in [1.807, 2.05) is 43.0 Å². The van der Waals surface area contributed by atoms with Crippen LogP contribution in [0.3, 0.4) is 0 Å². The molecule has 0 aliphatic carbocycles. The van der Waals surface area contributed by atoms with Crippen LogP contribution in [0, 0.1) is 13.8 Å². The largest absolute Gasteiger partial charge is 0.353 e. The molecular weight excluding hydrogens is 324 g/mol. The van der Waals surface area contributed by atoms with E-state index >= 15 is 0 Å². The van der Waals surface area contributed by atoms with Crippen LogP contribution in [0.1, 0.15) is 18.2 Å². The molecule has 0 unspecified atom stereocenters. The van der Waals surface area contributed by atoms with E-state index in [0.717, 1.165) is 48.8 Å². The lowest BCUT2D eigenvalue weighted by Crippen LogP contribution is -2.48. The normalized spacial score (nSPS) is 14.8. The zero-order valence-electron chi connectivity index (χ0n) is 14.2. The minimum atomic E-state index is 0.132. The van der Waals surface area contributed by atoms with Crippen LogP contribution < -0.4 is 4.90 Å². The first-order valence-corrected chi connectivity index (χ1v) is 8.45. The first-order valence-electron chi connectivity index (χ1n) is 8.07. The van der Waals surface area contributed by atoms with E-state index in [-0.39, 0.29) is 5.91 Å². The third-order valence-electron chi connectivity index (χ3n) is 4.49. The van der Waals surface area contributed by atoms with Gasteiger partial charge in [0.25, 0.3) is 0 Å². The Morgan fingerprint density at radius 1 is 1.04 bits per heavy atom. The predicted octanol–water partition coefficient (Wildman–Crippen LogP) is 3.08. The number of hydrogen-bond donors (Lipinski definition) is 0. The second-order valence-corrected chi connectivity index (χ2v) is 6.52. The summed E-state index contributed by atoms with van der Waals surface area (Å²) < 4.78 is 0. The summed E-state index contributed by atoms with van der Waals surface area (Å²) in [6, 6.07) is 7.56. The predicted molar refractivity (Wildman–Crippen MR) is 96.4 cm³/mol. The molecule has 24 heavy (non-hydrogen) atoms. The molecule has 1 aromatic heterocycles. The van der Waals surface area contributed by atoms with Crippen molar-refractivity contribution in [1.29, 1.82) is 0 Å². The molecule has 2 heterocycles. The van der Waals surface area contributed by atoms with Crippen molar-refractivity contribution in [2.75, 3.05) is 31.1 Å². The second kappa shape index (κ2) is 6.77. The number of rotatable bonds is 2. The molecule has 1 aliphatic rings. The highest BCUT2D eigenvalue weighted by Crippen LogP contribution is 2.26. The molecule has 1 saturated heterocycles. The molecule has 0 radical (unpaired) electrons. The number of anilines is 1. The number of hydrogen-bond acceptors (Lipinski definition) is 4. The average Bonchev–Trinajstić information content (AvgIpc) is 2.58. The molecule has 6 heteroatoms. The van der Waals surface area contributed by atoms with Gasteiger partial charge in [-0.2, -0.15) is 0 Å². The highest BCUT2D eigenvalue weighted by molar-refractivity contribution is 6.30. The van der Waals surface area contributed by atoms with Gasteiger partial charge < -0.3 is 9.80 Å². The van der Waals surface area contributed by atoms with Gasteiger partial charge in [0.2, 0.25) is 5.91 Å². The first kappa shape index (κ1) is 16.7. The quantitative estimate of drug-likeness (QED) is 0.840. The van der Waals surface area contributed by atoms with Crippen LogP contribution in [0.25, 0.3) is 11.4 Å². The van der Waals surface area contributed by atoms with Gasteiger partial charge in [0, 0.05) is 54.9 Å². The van der Waals surface area contributed by atoms with Crippen molar-refractivity contribution in [3.05, 3.63) is 40.5 Å². The summed E-state index contributed by atoms with van der Waals surface area (Å²) in [5.41, 5.74) is 3.01. The minimum Gasteiger partial charge on any atom is -0.353 e. The number of halogens is 1. The summed E-state index contributed by atoms with van der Waals surface area (Å²) >= 11 is 5.97. The maximum absolute atomic E-state index is 11.5. The zero-order valence-corrected chi connectivity index (χ0v) is 15.0. The van der Waals surface area contributed by atoms with E-state index < -0.39 is 0 Å². The molecule has 1 aliphatic heterocycles. The summed E-state index contributed by atoms with van der Waals surface area (Å²) in [6.07, 6.45) is 0. The molecule has 1 aromatic carbocycles. The van der Waals surface area contributed by atoms with Crippen molar-refractivity contribution in [2.24, 2.45) is 0 Å². The molecule has 1 amide bonds. The number of benzene rings is 1. The van der Waals surface area contributed by atoms with Crippen molar-refractivity contribution in [2.45, 2.75) is 20.8 Å². The Labute approximate surface area is 147 Å². The fourth-order valence-electron chi connectivity index (χ4n) is 2.88. The lowest BCUT2D eigenvalue weighted by Gasteiger charge is -2.35. The highest BCUT2D eigenvalue weighted by atomic mass is 35.5. The van der Waals surface area contributed by atoms with Crippen LogP contribution in [0.5, 0.6) is 0 Å². The Morgan fingerprint density at radius 2 is 1.67 bits per heavy atom. The third-order valence-corrected chi connectivity index (χ3v) is 4.74. The lowest BCUT2D eigenvalue weighted by atomic mass is 10.1. The van der Waals surface area contributed by atoms with Gasteiger partial charge in [0.05, 0.1) is 0 Å². The van der Waals surface area contributed by atoms with E-state index in [0.29, 0.717) is 10.8 Å². The Bertz CT molecular complexity index is 752. The summed E-state index contributed by atoms with van der Waals surface area (Å²) in [5.74, 6) is 1.79. The van der Waals surface area contributed by atoms with Gasteiger partial charge in [-0.05, 0) is 38.1 Å². The number of aryl methyl sites for hydroxylation is 1. The van der Waals surface area contributed by atoms with Crippen LogP contribution in [-0.2, 0) is 4.79 Å². The minimum absolute atomic E-state index is 0.132. The van der Waals surface area contributed by atoms with Crippen molar-refractivity contribution in [3.8, 4) is 11.4 Å². The van der Waals surface area contributed by atoms with Gasteiger partial charge in [0.15, 0.2) is 5.82 Å². The summed E-state index contributed by atoms with van der Waals surface area (Å²) in [5, 5.41) is 0.697. The highest BCUT2D eigenvalue weighted by Gasteiger charge is 2.22. The molecular formula is C18H21ClN4O. The molecule has 0 atom stereocenters. The molecule has 0 bridgehead atoms. The fourth-order valence-corrected chi connectivity index (χ4v) is 3.01. The monoisotopic (exact) mass is 344 g/mol. The SMILES string of the molecule is CC(=O)N1CCN(c2nc(-c3ccc(Cl)cc3)nc(C)c2C)CC1. The fraction of sp³-hybridized carbons (Fsp3) is 0.389. The Balaban J connectivity index is 1.91.